The van der Waals surface area contributed by atoms with Gasteiger partial charge in [0.2, 0.25) is 11.8 Å². The highest BCUT2D eigenvalue weighted by Crippen LogP contribution is 2.49. The molecule has 2 fully saturated rings. The Morgan fingerprint density at radius 3 is 2.62 bits per heavy atom. The van der Waals surface area contributed by atoms with Gasteiger partial charge in [0.05, 0.1) is 25.3 Å². The highest BCUT2D eigenvalue weighted by molar-refractivity contribution is 7.80. The first-order valence-electron chi connectivity index (χ1n) is 16.4. The van der Waals surface area contributed by atoms with Gasteiger partial charge < -0.3 is 38.6 Å². The molecule has 1 aromatic rings. The van der Waals surface area contributed by atoms with Gasteiger partial charge in [-0.1, -0.05) is 42.3 Å². The summed E-state index contributed by atoms with van der Waals surface area (Å²) in [5.41, 5.74) is -0.903. The number of hydrogen-bond acceptors (Lipinski definition) is 11. The van der Waals surface area contributed by atoms with Crippen LogP contribution in [0.25, 0.3) is 0 Å². The predicted octanol–water partition coefficient (Wildman–Crippen LogP) is 3.83. The van der Waals surface area contributed by atoms with E-state index in [1.807, 2.05) is 13.0 Å². The van der Waals surface area contributed by atoms with Crippen LogP contribution in [0.4, 0.5) is 10.5 Å². The maximum Gasteiger partial charge on any atom is 0.409 e. The van der Waals surface area contributed by atoms with Gasteiger partial charge in [-0.05, 0) is 50.6 Å². The molecule has 1 aromatic carbocycles. The Kier molecular flexibility index (Phi) is 12.6. The summed E-state index contributed by atoms with van der Waals surface area (Å²) in [6, 6.07) is 2.60. The van der Waals surface area contributed by atoms with E-state index in [9.17, 15) is 24.3 Å². The Morgan fingerprint density at radius 1 is 1.28 bits per heavy atom. The fourth-order valence-corrected chi connectivity index (χ4v) is 6.99. The van der Waals surface area contributed by atoms with E-state index in [2.05, 4.69) is 17.9 Å². The number of carbonyl (C=O) groups excluding carboxylic acids is 4. The second-order valence-corrected chi connectivity index (χ2v) is 14.2. The summed E-state index contributed by atoms with van der Waals surface area (Å²) < 4.78 is 29.0. The van der Waals surface area contributed by atoms with E-state index in [4.69, 9.17) is 35.3 Å². The maximum atomic E-state index is 14.0. The molecule has 0 aromatic heterocycles. The fraction of sp³-hybridized carbons (Fsp3) is 0.600. The normalized spacial score (nSPS) is 32.3. The van der Waals surface area contributed by atoms with Gasteiger partial charge in [-0.3, -0.25) is 14.9 Å². The van der Waals surface area contributed by atoms with Crippen molar-refractivity contribution in [2.45, 2.75) is 95.2 Å². The molecule has 3 heterocycles. The molecule has 4 bridgehead atoms. The molecule has 15 heteroatoms. The quantitative estimate of drug-likeness (QED) is 0.214. The van der Waals surface area contributed by atoms with E-state index in [1.165, 1.54) is 38.0 Å². The van der Waals surface area contributed by atoms with Crippen LogP contribution in [-0.4, -0.2) is 110 Å². The van der Waals surface area contributed by atoms with Crippen LogP contribution >= 0.6 is 24.2 Å². The largest absolute Gasteiger partial charge is 0.495 e. The Bertz CT molecular complexity index is 1540. The summed E-state index contributed by atoms with van der Waals surface area (Å²) in [6.45, 7) is 6.96. The lowest BCUT2D eigenvalue weighted by Crippen LogP contribution is -2.63. The average molecular weight is 738 g/mol. The summed E-state index contributed by atoms with van der Waals surface area (Å²) in [5.74, 6) is -1.30. The van der Waals surface area contributed by atoms with E-state index in [-0.39, 0.29) is 30.2 Å². The molecule has 0 spiro atoms. The highest BCUT2D eigenvalue weighted by Gasteiger charge is 2.64. The van der Waals surface area contributed by atoms with E-state index in [0.29, 0.717) is 23.6 Å². The third-order valence-electron chi connectivity index (χ3n) is 9.85. The Labute approximate surface area is 303 Å². The SMILES string of the molecule is COc1cc2cc(c1Cl)N(C)C(=O)C[C@@H](OC(=O)[C@@H](C)N(C)C(=O)CCS)[C@]1(C)O[C@H]1[C@H](C)[C@@H]1C[C@@](O)(NC(=O)O1)[C@H](OC)/C=C/C=C(\C)C2. The zero-order valence-electron chi connectivity index (χ0n) is 29.7. The molecular formula is C35H48ClN3O10S. The molecule has 0 aliphatic carbocycles. The average Bonchev–Trinajstić information content (AvgIpc) is 3.76. The van der Waals surface area contributed by atoms with Crippen LogP contribution in [-0.2, 0) is 39.8 Å². The fourth-order valence-electron chi connectivity index (χ4n) is 6.49. The molecule has 0 radical (unpaired) electrons. The topological polar surface area (TPSA) is 156 Å². The highest BCUT2D eigenvalue weighted by atomic mass is 35.5. The molecule has 0 saturated carbocycles. The van der Waals surface area contributed by atoms with Crippen molar-refractivity contribution in [1.29, 1.82) is 0 Å². The summed E-state index contributed by atoms with van der Waals surface area (Å²) >= 11 is 10.8. The number of alkyl carbamates (subject to hydrolysis) is 1. The van der Waals surface area contributed by atoms with Crippen LogP contribution in [0.3, 0.4) is 0 Å². The number of amides is 3. The van der Waals surface area contributed by atoms with Gasteiger partial charge in [-0.2, -0.15) is 12.6 Å². The monoisotopic (exact) mass is 737 g/mol. The molecule has 3 aliphatic heterocycles. The lowest BCUT2D eigenvalue weighted by atomic mass is 9.83. The summed E-state index contributed by atoms with van der Waals surface area (Å²) in [4.78, 5) is 55.6. The third-order valence-corrected chi connectivity index (χ3v) is 10.5. The Balaban J connectivity index is 1.78. The number of rotatable bonds is 7. The number of nitrogens with zero attached hydrogens (tertiary/aromatic N) is 2. The van der Waals surface area contributed by atoms with E-state index >= 15 is 0 Å². The van der Waals surface area contributed by atoms with Crippen LogP contribution in [0.15, 0.2) is 35.9 Å². The molecule has 2 saturated heterocycles. The first kappa shape index (κ1) is 39.5. The number of fused-ring (bicyclic) bond motifs is 5. The Hall–Kier alpha value is -3.30. The van der Waals surface area contributed by atoms with Crippen LogP contribution in [0, 0.1) is 5.92 Å². The molecule has 0 unspecified atom stereocenters. The van der Waals surface area contributed by atoms with Crippen LogP contribution < -0.4 is 15.0 Å². The van der Waals surface area contributed by atoms with Crippen LogP contribution in [0.5, 0.6) is 5.75 Å². The van der Waals surface area contributed by atoms with Crippen molar-refractivity contribution in [2.75, 3.05) is 39.0 Å². The number of carbonyl (C=O) groups is 4. The van der Waals surface area contributed by atoms with Gasteiger partial charge in [0.1, 0.15) is 40.7 Å². The number of esters is 1. The van der Waals surface area contributed by atoms with Crippen molar-refractivity contribution in [3.63, 3.8) is 0 Å². The van der Waals surface area contributed by atoms with Gasteiger partial charge >= 0.3 is 12.1 Å². The number of likely N-dealkylation sites (N-methyl/N-ethyl adjacent to an activating group) is 1. The molecule has 8 atom stereocenters. The predicted molar refractivity (Wildman–Crippen MR) is 189 cm³/mol. The number of anilines is 1. The summed E-state index contributed by atoms with van der Waals surface area (Å²) in [6.07, 6.45) is 1.08. The van der Waals surface area contributed by atoms with Crippen molar-refractivity contribution >= 4 is 53.8 Å². The minimum absolute atomic E-state index is 0.0489. The third kappa shape index (κ3) is 8.42. The molecule has 276 valence electrons. The number of aliphatic hydroxyl groups is 1. The van der Waals surface area contributed by atoms with Crippen LogP contribution in [0.1, 0.15) is 52.5 Å². The Morgan fingerprint density at radius 2 is 1.98 bits per heavy atom. The van der Waals surface area contributed by atoms with E-state index in [1.54, 1.807) is 45.2 Å². The number of nitrogens with one attached hydrogen (secondary N) is 1. The van der Waals surface area contributed by atoms with Gasteiger partial charge in [0.25, 0.3) is 0 Å². The lowest BCUT2D eigenvalue weighted by molar-refractivity contribution is -0.161. The first-order chi connectivity index (χ1) is 23.5. The summed E-state index contributed by atoms with van der Waals surface area (Å²) in [5, 5.41) is 14.4. The van der Waals surface area contributed by atoms with Crippen molar-refractivity contribution in [3.8, 4) is 5.75 Å². The number of halogens is 1. The minimum atomic E-state index is -1.82. The van der Waals surface area contributed by atoms with Gasteiger partial charge in [-0.25, -0.2) is 9.59 Å². The second kappa shape index (κ2) is 15.9. The van der Waals surface area contributed by atoms with Crippen molar-refractivity contribution < 1.29 is 48.0 Å². The first-order valence-corrected chi connectivity index (χ1v) is 17.5. The van der Waals surface area contributed by atoms with Crippen molar-refractivity contribution in [3.05, 3.63) is 46.5 Å². The molecule has 13 nitrogen and oxygen atoms in total. The number of ether oxygens (including phenoxy) is 5. The van der Waals surface area contributed by atoms with E-state index < -0.39 is 65.7 Å². The zero-order chi connectivity index (χ0) is 37.1. The minimum Gasteiger partial charge on any atom is -0.495 e. The molecule has 50 heavy (non-hydrogen) atoms. The van der Waals surface area contributed by atoms with Crippen molar-refractivity contribution in [1.82, 2.24) is 10.2 Å². The maximum absolute atomic E-state index is 14.0. The number of thiol groups is 1. The van der Waals surface area contributed by atoms with Crippen LogP contribution in [0.2, 0.25) is 5.02 Å². The lowest BCUT2D eigenvalue weighted by Gasteiger charge is -2.42. The number of hydrogen-bond donors (Lipinski definition) is 3. The number of epoxide rings is 1. The van der Waals surface area contributed by atoms with Gasteiger partial charge in [0, 0.05) is 40.0 Å². The molecule has 4 rings (SSSR count). The standard InChI is InChI=1S/C35H48ClN3O10S/c1-19-10-9-11-26(46-8)35(44)18-25(47-33(43)37-35)20(2)31-34(4,49-31)27(48-32(42)21(3)38(5)28(40)12-13-50)17-29(41)39(6)23-15-22(14-19)16-24(45-7)30(23)36/h9-11,15-16,20-21,25-27,31,44,50H,12-14,17-18H2,1-8H3,(H,37,43)/b11-9+,19-10+/t20-,21-,25+,26-,27-,31+,34+,35+/m1/s1. The van der Waals surface area contributed by atoms with Gasteiger partial charge in [-0.15, -0.1) is 0 Å². The molecule has 3 aliphatic rings. The smallest absolute Gasteiger partial charge is 0.409 e. The number of methoxy groups -OCH3 is 2. The van der Waals surface area contributed by atoms with Gasteiger partial charge in [0.15, 0.2) is 5.72 Å². The number of benzene rings is 1. The molecular weight excluding hydrogens is 690 g/mol. The van der Waals surface area contributed by atoms with Crippen molar-refractivity contribution in [2.24, 2.45) is 5.92 Å². The second-order valence-electron chi connectivity index (χ2n) is 13.4. The molecule has 3 amide bonds. The molecule has 2 N–H and O–H groups in total. The summed E-state index contributed by atoms with van der Waals surface area (Å²) in [7, 11) is 5.98. The zero-order valence-corrected chi connectivity index (χ0v) is 31.4. The number of allylic oxidation sites excluding steroid dienone is 3. The van der Waals surface area contributed by atoms with E-state index in [0.717, 1.165) is 11.1 Å².